The van der Waals surface area contributed by atoms with Gasteiger partial charge in [0.1, 0.15) is 0 Å². The number of piperidine rings is 1. The van der Waals surface area contributed by atoms with E-state index in [4.69, 9.17) is 4.74 Å². The van der Waals surface area contributed by atoms with Gasteiger partial charge in [0.2, 0.25) is 5.91 Å². The van der Waals surface area contributed by atoms with Crippen molar-refractivity contribution in [1.29, 1.82) is 0 Å². The predicted octanol–water partition coefficient (Wildman–Crippen LogP) is 1.65. The maximum atomic E-state index is 12.6. The Morgan fingerprint density at radius 3 is 2.53 bits per heavy atom. The van der Waals surface area contributed by atoms with E-state index in [1.165, 1.54) is 0 Å². The lowest BCUT2D eigenvalue weighted by Crippen LogP contribution is -2.69. The van der Waals surface area contributed by atoms with Gasteiger partial charge in [0.05, 0.1) is 11.5 Å². The van der Waals surface area contributed by atoms with Crippen LogP contribution < -0.4 is 5.32 Å². The van der Waals surface area contributed by atoms with E-state index >= 15 is 0 Å². The standard InChI is InChI=1S/C15H28N2O2/c1-14(2)12(9-15(14,3)19-5)17(4)13(18)11-7-6-8-16-10-11/h11-12,16H,6-10H2,1-5H3/t11-,12-,15-/m1/s1. The largest absolute Gasteiger partial charge is 0.378 e. The minimum Gasteiger partial charge on any atom is -0.378 e. The van der Waals surface area contributed by atoms with Gasteiger partial charge in [-0.05, 0) is 32.7 Å². The first kappa shape index (κ1) is 14.8. The summed E-state index contributed by atoms with van der Waals surface area (Å²) in [5.41, 5.74) is -0.106. The van der Waals surface area contributed by atoms with Crippen LogP contribution in [0, 0.1) is 11.3 Å². The van der Waals surface area contributed by atoms with Crippen molar-refractivity contribution in [2.24, 2.45) is 11.3 Å². The number of ether oxygens (including phenoxy) is 1. The van der Waals surface area contributed by atoms with Crippen molar-refractivity contribution in [2.75, 3.05) is 27.2 Å². The normalized spacial score (nSPS) is 37.5. The van der Waals surface area contributed by atoms with Gasteiger partial charge in [-0.2, -0.15) is 0 Å². The molecule has 0 aromatic carbocycles. The Kier molecular flexibility index (Phi) is 3.94. The highest BCUT2D eigenvalue weighted by Crippen LogP contribution is 2.53. The number of hydrogen-bond acceptors (Lipinski definition) is 3. The van der Waals surface area contributed by atoms with Crippen molar-refractivity contribution in [3.63, 3.8) is 0 Å². The molecule has 1 saturated carbocycles. The molecule has 0 spiro atoms. The summed E-state index contributed by atoms with van der Waals surface area (Å²) in [5.74, 6) is 0.451. The Balaban J connectivity index is 2.01. The molecule has 4 heteroatoms. The smallest absolute Gasteiger partial charge is 0.226 e. The van der Waals surface area contributed by atoms with Crippen molar-refractivity contribution in [3.05, 3.63) is 0 Å². The van der Waals surface area contributed by atoms with Crippen LogP contribution in [0.4, 0.5) is 0 Å². The number of nitrogens with zero attached hydrogens (tertiary/aromatic N) is 1. The van der Waals surface area contributed by atoms with Crippen molar-refractivity contribution >= 4 is 5.91 Å². The summed E-state index contributed by atoms with van der Waals surface area (Å²) in [4.78, 5) is 14.5. The van der Waals surface area contributed by atoms with Crippen molar-refractivity contribution in [2.45, 2.75) is 51.7 Å². The molecular weight excluding hydrogens is 240 g/mol. The first-order valence-electron chi connectivity index (χ1n) is 7.36. The van der Waals surface area contributed by atoms with E-state index < -0.39 is 0 Å². The zero-order valence-electron chi connectivity index (χ0n) is 13.0. The molecule has 0 radical (unpaired) electrons. The lowest BCUT2D eigenvalue weighted by Gasteiger charge is -2.61. The fourth-order valence-corrected chi connectivity index (χ4v) is 3.58. The lowest BCUT2D eigenvalue weighted by molar-refractivity contribution is -0.208. The van der Waals surface area contributed by atoms with E-state index in [2.05, 4.69) is 26.1 Å². The Bertz CT molecular complexity index is 350. The molecule has 1 aliphatic carbocycles. The lowest BCUT2D eigenvalue weighted by atomic mass is 9.55. The van der Waals surface area contributed by atoms with Crippen LogP contribution in [-0.2, 0) is 9.53 Å². The molecular formula is C15H28N2O2. The van der Waals surface area contributed by atoms with Gasteiger partial charge in [-0.25, -0.2) is 0 Å². The van der Waals surface area contributed by atoms with Crippen LogP contribution in [0.1, 0.15) is 40.0 Å². The topological polar surface area (TPSA) is 41.6 Å². The number of hydrogen-bond donors (Lipinski definition) is 1. The van der Waals surface area contributed by atoms with Crippen LogP contribution in [0.5, 0.6) is 0 Å². The van der Waals surface area contributed by atoms with Crippen molar-refractivity contribution in [3.8, 4) is 0 Å². The molecule has 0 aromatic heterocycles. The Morgan fingerprint density at radius 1 is 1.37 bits per heavy atom. The average Bonchev–Trinajstić information content (AvgIpc) is 2.43. The molecule has 0 bridgehead atoms. The second-order valence-electron chi connectivity index (χ2n) is 6.87. The van der Waals surface area contributed by atoms with Gasteiger partial charge in [0.25, 0.3) is 0 Å². The van der Waals surface area contributed by atoms with Crippen LogP contribution in [0.2, 0.25) is 0 Å². The molecule has 1 saturated heterocycles. The second kappa shape index (κ2) is 5.06. The molecule has 1 N–H and O–H groups in total. The van der Waals surface area contributed by atoms with Gasteiger partial charge in [-0.15, -0.1) is 0 Å². The van der Waals surface area contributed by atoms with Crippen LogP contribution >= 0.6 is 0 Å². The molecule has 19 heavy (non-hydrogen) atoms. The SMILES string of the molecule is CO[C@]1(C)C[C@@H](N(C)C(=O)[C@@H]2CCCNC2)C1(C)C. The highest BCUT2D eigenvalue weighted by atomic mass is 16.5. The maximum Gasteiger partial charge on any atom is 0.226 e. The van der Waals surface area contributed by atoms with Gasteiger partial charge in [-0.1, -0.05) is 13.8 Å². The van der Waals surface area contributed by atoms with E-state index in [-0.39, 0.29) is 23.0 Å². The number of methoxy groups -OCH3 is 1. The quantitative estimate of drug-likeness (QED) is 0.846. The van der Waals surface area contributed by atoms with Crippen LogP contribution in [0.25, 0.3) is 0 Å². The summed E-state index contributed by atoms with van der Waals surface area (Å²) in [6.45, 7) is 8.42. The molecule has 0 unspecified atom stereocenters. The molecule has 110 valence electrons. The van der Waals surface area contributed by atoms with E-state index in [9.17, 15) is 4.79 Å². The van der Waals surface area contributed by atoms with Crippen LogP contribution in [-0.4, -0.2) is 49.7 Å². The van der Waals surface area contributed by atoms with Gasteiger partial charge >= 0.3 is 0 Å². The highest BCUT2D eigenvalue weighted by molar-refractivity contribution is 5.79. The molecule has 4 nitrogen and oxygen atoms in total. The summed E-state index contributed by atoms with van der Waals surface area (Å²) < 4.78 is 5.64. The summed E-state index contributed by atoms with van der Waals surface area (Å²) in [6, 6.07) is 0.284. The second-order valence-corrected chi connectivity index (χ2v) is 6.87. The minimum absolute atomic E-state index is 0.00819. The monoisotopic (exact) mass is 268 g/mol. The summed E-state index contributed by atoms with van der Waals surface area (Å²) in [5, 5.41) is 3.32. The first-order valence-corrected chi connectivity index (χ1v) is 7.36. The number of rotatable bonds is 3. The molecule has 1 amide bonds. The van der Waals surface area contributed by atoms with Gasteiger partial charge in [0.15, 0.2) is 0 Å². The average molecular weight is 268 g/mol. The van der Waals surface area contributed by atoms with Crippen LogP contribution in [0.15, 0.2) is 0 Å². The molecule has 3 atom stereocenters. The molecule has 1 heterocycles. The highest BCUT2D eigenvalue weighted by Gasteiger charge is 2.60. The van der Waals surface area contributed by atoms with Crippen molar-refractivity contribution in [1.82, 2.24) is 10.2 Å². The fraction of sp³-hybridized carbons (Fsp3) is 0.933. The third-order valence-electron chi connectivity index (χ3n) is 5.69. The number of amides is 1. The molecule has 1 aliphatic heterocycles. The fourth-order valence-electron chi connectivity index (χ4n) is 3.58. The summed E-state index contributed by atoms with van der Waals surface area (Å²) in [7, 11) is 3.73. The number of carbonyl (C=O) groups is 1. The summed E-state index contributed by atoms with van der Waals surface area (Å²) >= 11 is 0. The Hall–Kier alpha value is -0.610. The van der Waals surface area contributed by atoms with E-state index in [1.807, 2.05) is 11.9 Å². The molecule has 2 fully saturated rings. The molecule has 2 rings (SSSR count). The Labute approximate surface area is 116 Å². The van der Waals surface area contributed by atoms with Crippen molar-refractivity contribution < 1.29 is 9.53 Å². The van der Waals surface area contributed by atoms with E-state index in [0.717, 1.165) is 32.4 Å². The summed E-state index contributed by atoms with van der Waals surface area (Å²) in [6.07, 6.45) is 3.05. The number of carbonyl (C=O) groups excluding carboxylic acids is 1. The maximum absolute atomic E-state index is 12.6. The van der Waals surface area contributed by atoms with E-state index in [1.54, 1.807) is 7.11 Å². The van der Waals surface area contributed by atoms with Gasteiger partial charge in [0, 0.05) is 32.2 Å². The third-order valence-corrected chi connectivity index (χ3v) is 5.69. The predicted molar refractivity (Wildman–Crippen MR) is 76.0 cm³/mol. The molecule has 2 aliphatic rings. The third kappa shape index (κ3) is 2.29. The Morgan fingerprint density at radius 2 is 2.05 bits per heavy atom. The zero-order chi connectivity index (χ0) is 14.3. The van der Waals surface area contributed by atoms with E-state index in [0.29, 0.717) is 5.91 Å². The molecule has 0 aromatic rings. The van der Waals surface area contributed by atoms with Gasteiger partial charge < -0.3 is 15.0 Å². The first-order chi connectivity index (χ1) is 8.83. The minimum atomic E-state index is -0.114. The zero-order valence-corrected chi connectivity index (χ0v) is 13.0. The number of nitrogens with one attached hydrogen (secondary N) is 1. The van der Waals surface area contributed by atoms with Crippen LogP contribution in [0.3, 0.4) is 0 Å². The van der Waals surface area contributed by atoms with Gasteiger partial charge in [-0.3, -0.25) is 4.79 Å².